The van der Waals surface area contributed by atoms with Crippen LogP contribution in [-0.2, 0) is 22.6 Å². The fourth-order valence-electron chi connectivity index (χ4n) is 3.71. The standard InChI is InChI=1S/C25H25BrN2O4S/c1-16(2)15-32-21-8-7-17(11-20(21)26)12-22-24(30)28(25(31)33-22)14-23(29)27-10-9-18-5-3-4-6-19(18)13-27/h3-8,11-12,16H,9-10,13-15H2,1-2H3/b22-12+. The number of hydrogen-bond acceptors (Lipinski definition) is 5. The van der Waals surface area contributed by atoms with Crippen LogP contribution in [0.25, 0.3) is 6.08 Å². The van der Waals surface area contributed by atoms with Gasteiger partial charge >= 0.3 is 0 Å². The highest BCUT2D eigenvalue weighted by atomic mass is 79.9. The van der Waals surface area contributed by atoms with Crippen LogP contribution in [0.15, 0.2) is 51.8 Å². The molecule has 33 heavy (non-hydrogen) atoms. The lowest BCUT2D eigenvalue weighted by Crippen LogP contribution is -2.44. The Bertz CT molecular complexity index is 1130. The van der Waals surface area contributed by atoms with Crippen LogP contribution >= 0.6 is 27.7 Å². The van der Waals surface area contributed by atoms with Crippen LogP contribution in [0.2, 0.25) is 0 Å². The largest absolute Gasteiger partial charge is 0.492 e. The molecule has 2 aliphatic rings. The molecule has 0 unspecified atom stereocenters. The van der Waals surface area contributed by atoms with E-state index in [1.807, 2.05) is 36.4 Å². The van der Waals surface area contributed by atoms with Crippen LogP contribution in [-0.4, -0.2) is 46.5 Å². The minimum atomic E-state index is -0.438. The van der Waals surface area contributed by atoms with E-state index in [4.69, 9.17) is 4.74 Å². The van der Waals surface area contributed by atoms with Gasteiger partial charge in [0.2, 0.25) is 5.91 Å². The van der Waals surface area contributed by atoms with Crippen molar-refractivity contribution in [3.8, 4) is 5.75 Å². The number of nitrogens with zero attached hydrogens (tertiary/aromatic N) is 2. The molecule has 0 aliphatic carbocycles. The summed E-state index contributed by atoms with van der Waals surface area (Å²) in [6.45, 7) is 5.60. The molecule has 172 valence electrons. The summed E-state index contributed by atoms with van der Waals surface area (Å²) in [4.78, 5) is 41.3. The molecule has 0 N–H and O–H groups in total. The minimum Gasteiger partial charge on any atom is -0.492 e. The monoisotopic (exact) mass is 528 g/mol. The van der Waals surface area contributed by atoms with Crippen LogP contribution < -0.4 is 4.74 Å². The molecule has 8 heteroatoms. The third-order valence-corrected chi connectivity index (χ3v) is 7.00. The molecule has 0 aromatic heterocycles. The highest BCUT2D eigenvalue weighted by Crippen LogP contribution is 2.34. The lowest BCUT2D eigenvalue weighted by Gasteiger charge is -2.29. The smallest absolute Gasteiger partial charge is 0.294 e. The van der Waals surface area contributed by atoms with Crippen molar-refractivity contribution in [3.63, 3.8) is 0 Å². The van der Waals surface area contributed by atoms with Crippen LogP contribution in [0, 0.1) is 5.92 Å². The van der Waals surface area contributed by atoms with Crippen molar-refractivity contribution < 1.29 is 19.1 Å². The normalized spacial score (nSPS) is 17.2. The number of benzene rings is 2. The first kappa shape index (κ1) is 23.6. The molecule has 0 saturated carbocycles. The molecule has 1 saturated heterocycles. The number of imide groups is 1. The molecule has 6 nitrogen and oxygen atoms in total. The topological polar surface area (TPSA) is 66.9 Å². The van der Waals surface area contributed by atoms with Crippen molar-refractivity contribution in [2.75, 3.05) is 19.7 Å². The third kappa shape index (κ3) is 5.50. The van der Waals surface area contributed by atoms with Gasteiger partial charge in [0.05, 0.1) is 16.0 Å². The van der Waals surface area contributed by atoms with E-state index in [1.165, 1.54) is 5.56 Å². The number of hydrogen-bond donors (Lipinski definition) is 0. The second kappa shape index (κ2) is 10.1. The molecule has 0 spiro atoms. The Balaban J connectivity index is 1.42. The first-order valence-corrected chi connectivity index (χ1v) is 12.4. The maximum absolute atomic E-state index is 12.9. The van der Waals surface area contributed by atoms with Gasteiger partial charge in [-0.05, 0) is 74.9 Å². The number of carbonyl (C=O) groups excluding carboxylic acids is 3. The zero-order valence-corrected chi connectivity index (χ0v) is 20.9. The molecule has 2 aromatic carbocycles. The number of amides is 3. The Labute approximate surface area is 206 Å². The summed E-state index contributed by atoms with van der Waals surface area (Å²) in [6, 6.07) is 13.5. The van der Waals surface area contributed by atoms with Crippen molar-refractivity contribution in [2.24, 2.45) is 5.92 Å². The van der Waals surface area contributed by atoms with E-state index in [9.17, 15) is 14.4 Å². The molecule has 0 radical (unpaired) electrons. The average molecular weight is 529 g/mol. The Morgan fingerprint density at radius 1 is 1.18 bits per heavy atom. The molecule has 0 atom stereocenters. The fraction of sp³-hybridized carbons (Fsp3) is 0.320. The summed E-state index contributed by atoms with van der Waals surface area (Å²) >= 11 is 4.36. The predicted molar refractivity (Wildman–Crippen MR) is 133 cm³/mol. The van der Waals surface area contributed by atoms with E-state index in [-0.39, 0.29) is 12.5 Å². The maximum Gasteiger partial charge on any atom is 0.294 e. The fourth-order valence-corrected chi connectivity index (χ4v) is 5.06. The van der Waals surface area contributed by atoms with Gasteiger partial charge in [-0.25, -0.2) is 0 Å². The summed E-state index contributed by atoms with van der Waals surface area (Å²) in [6.07, 6.45) is 2.44. The van der Waals surface area contributed by atoms with Crippen molar-refractivity contribution in [2.45, 2.75) is 26.8 Å². The highest BCUT2D eigenvalue weighted by molar-refractivity contribution is 9.10. The van der Waals surface area contributed by atoms with Gasteiger partial charge in [-0.1, -0.05) is 44.2 Å². The molecule has 2 aromatic rings. The second-order valence-corrected chi connectivity index (χ2v) is 10.3. The van der Waals surface area contributed by atoms with Gasteiger partial charge in [0.15, 0.2) is 0 Å². The quantitative estimate of drug-likeness (QED) is 0.487. The SMILES string of the molecule is CC(C)COc1ccc(/C=C2/SC(=O)N(CC(=O)N3CCc4ccccc4C3)C2=O)cc1Br. The molecule has 1 fully saturated rings. The molecular formula is C25H25BrN2O4S. The van der Waals surface area contributed by atoms with Gasteiger partial charge in [0, 0.05) is 13.1 Å². The minimum absolute atomic E-state index is 0.220. The zero-order chi connectivity index (χ0) is 23.5. The zero-order valence-electron chi connectivity index (χ0n) is 18.5. The van der Waals surface area contributed by atoms with Crippen LogP contribution in [0.5, 0.6) is 5.75 Å². The molecule has 2 aliphatic heterocycles. The first-order valence-electron chi connectivity index (χ1n) is 10.8. The van der Waals surface area contributed by atoms with E-state index in [0.29, 0.717) is 30.5 Å². The van der Waals surface area contributed by atoms with Gasteiger partial charge in [-0.15, -0.1) is 0 Å². The van der Waals surface area contributed by atoms with E-state index < -0.39 is 11.1 Å². The highest BCUT2D eigenvalue weighted by Gasteiger charge is 2.37. The number of fused-ring (bicyclic) bond motifs is 1. The lowest BCUT2D eigenvalue weighted by molar-refractivity contribution is -0.136. The second-order valence-electron chi connectivity index (χ2n) is 8.50. The summed E-state index contributed by atoms with van der Waals surface area (Å²) < 4.78 is 6.53. The Hall–Kier alpha value is -2.58. The molecule has 4 rings (SSSR count). The van der Waals surface area contributed by atoms with Gasteiger partial charge in [-0.3, -0.25) is 19.3 Å². The number of rotatable bonds is 6. The van der Waals surface area contributed by atoms with Crippen molar-refractivity contribution in [1.82, 2.24) is 9.80 Å². The number of carbonyl (C=O) groups is 3. The van der Waals surface area contributed by atoms with Crippen molar-refractivity contribution in [3.05, 3.63) is 68.5 Å². The van der Waals surface area contributed by atoms with Gasteiger partial charge in [0.1, 0.15) is 12.3 Å². The van der Waals surface area contributed by atoms with E-state index in [2.05, 4.69) is 35.8 Å². The van der Waals surface area contributed by atoms with E-state index in [1.54, 1.807) is 11.0 Å². The van der Waals surface area contributed by atoms with Crippen molar-refractivity contribution in [1.29, 1.82) is 0 Å². The average Bonchev–Trinajstić information content (AvgIpc) is 3.05. The summed E-state index contributed by atoms with van der Waals surface area (Å²) in [5, 5.41) is -0.423. The Kier molecular flexibility index (Phi) is 7.24. The van der Waals surface area contributed by atoms with Gasteiger partial charge in [-0.2, -0.15) is 0 Å². The molecular weight excluding hydrogens is 504 g/mol. The van der Waals surface area contributed by atoms with Gasteiger partial charge in [0.25, 0.3) is 11.1 Å². The number of thioether (sulfide) groups is 1. The molecule has 3 amide bonds. The summed E-state index contributed by atoms with van der Waals surface area (Å²) in [5.74, 6) is 0.475. The van der Waals surface area contributed by atoms with Crippen molar-refractivity contribution >= 4 is 50.8 Å². The molecule has 2 heterocycles. The summed E-state index contributed by atoms with van der Waals surface area (Å²) in [7, 11) is 0. The number of halogens is 1. The van der Waals surface area contributed by atoms with Crippen LogP contribution in [0.4, 0.5) is 4.79 Å². The third-order valence-electron chi connectivity index (χ3n) is 5.48. The molecule has 0 bridgehead atoms. The maximum atomic E-state index is 12.9. The number of ether oxygens (including phenoxy) is 1. The lowest BCUT2D eigenvalue weighted by atomic mass is 10.00. The summed E-state index contributed by atoms with van der Waals surface area (Å²) in [5.41, 5.74) is 3.11. The van der Waals surface area contributed by atoms with Crippen LogP contribution in [0.3, 0.4) is 0 Å². The first-order chi connectivity index (χ1) is 15.8. The Morgan fingerprint density at radius 2 is 1.94 bits per heavy atom. The van der Waals surface area contributed by atoms with Crippen LogP contribution in [0.1, 0.15) is 30.5 Å². The van der Waals surface area contributed by atoms with E-state index >= 15 is 0 Å². The Morgan fingerprint density at radius 3 is 2.67 bits per heavy atom. The predicted octanol–water partition coefficient (Wildman–Crippen LogP) is 5.11. The van der Waals surface area contributed by atoms with Gasteiger partial charge < -0.3 is 9.64 Å². The van der Waals surface area contributed by atoms with E-state index in [0.717, 1.165) is 44.4 Å².